The SMILES string of the molecule is COC(=O)C1=C(C)N(c2cccc3ccccc23)C(=O)/C1=C\c1ccc(C(C)C)cc1. The number of hydrogen-bond donors (Lipinski definition) is 0. The van der Waals surface area contributed by atoms with Crippen molar-refractivity contribution in [2.24, 2.45) is 0 Å². The van der Waals surface area contributed by atoms with Crippen LogP contribution in [0, 0.1) is 0 Å². The molecule has 0 saturated carbocycles. The van der Waals surface area contributed by atoms with E-state index in [1.54, 1.807) is 17.9 Å². The summed E-state index contributed by atoms with van der Waals surface area (Å²) in [6, 6.07) is 21.8. The second-order valence-corrected chi connectivity index (χ2v) is 7.97. The number of fused-ring (bicyclic) bond motifs is 1. The van der Waals surface area contributed by atoms with Crippen molar-refractivity contribution in [1.82, 2.24) is 0 Å². The number of nitrogens with zero attached hydrogens (tertiary/aromatic N) is 1. The van der Waals surface area contributed by atoms with Gasteiger partial charge in [0.2, 0.25) is 0 Å². The van der Waals surface area contributed by atoms with Gasteiger partial charge in [-0.3, -0.25) is 9.69 Å². The molecular formula is C27H25NO3. The molecular weight excluding hydrogens is 386 g/mol. The van der Waals surface area contributed by atoms with Crippen LogP contribution in [0.2, 0.25) is 0 Å². The summed E-state index contributed by atoms with van der Waals surface area (Å²) < 4.78 is 5.03. The fourth-order valence-electron chi connectivity index (χ4n) is 4.02. The predicted octanol–water partition coefficient (Wildman–Crippen LogP) is 5.84. The maximum Gasteiger partial charge on any atom is 0.340 e. The number of anilines is 1. The number of methoxy groups -OCH3 is 1. The molecule has 0 N–H and O–H groups in total. The molecule has 0 aliphatic carbocycles. The molecule has 1 aliphatic heterocycles. The Hall–Kier alpha value is -3.66. The fraction of sp³-hybridized carbons (Fsp3) is 0.185. The van der Waals surface area contributed by atoms with E-state index in [9.17, 15) is 9.59 Å². The third-order valence-electron chi connectivity index (χ3n) is 5.71. The molecule has 1 amide bonds. The molecule has 4 nitrogen and oxygen atoms in total. The first-order valence-electron chi connectivity index (χ1n) is 10.4. The summed E-state index contributed by atoms with van der Waals surface area (Å²) in [5.74, 6) is -0.328. The van der Waals surface area contributed by atoms with Crippen LogP contribution < -0.4 is 4.90 Å². The zero-order valence-electron chi connectivity index (χ0n) is 18.2. The summed E-state index contributed by atoms with van der Waals surface area (Å²) >= 11 is 0. The zero-order valence-corrected chi connectivity index (χ0v) is 18.2. The number of carbonyl (C=O) groups excluding carboxylic acids is 2. The van der Waals surface area contributed by atoms with Crippen molar-refractivity contribution in [1.29, 1.82) is 0 Å². The Morgan fingerprint density at radius 3 is 2.32 bits per heavy atom. The van der Waals surface area contributed by atoms with E-state index in [1.807, 2.05) is 66.7 Å². The Labute approximate surface area is 182 Å². The monoisotopic (exact) mass is 411 g/mol. The largest absolute Gasteiger partial charge is 0.465 e. The van der Waals surface area contributed by atoms with Gasteiger partial charge in [-0.1, -0.05) is 74.5 Å². The van der Waals surface area contributed by atoms with Gasteiger partial charge in [0.1, 0.15) is 0 Å². The molecule has 3 aromatic carbocycles. The van der Waals surface area contributed by atoms with Crippen LogP contribution in [0.15, 0.2) is 83.6 Å². The van der Waals surface area contributed by atoms with Gasteiger partial charge in [0.05, 0.1) is 23.9 Å². The van der Waals surface area contributed by atoms with Gasteiger partial charge < -0.3 is 4.74 Å². The van der Waals surface area contributed by atoms with Gasteiger partial charge >= 0.3 is 5.97 Å². The third kappa shape index (κ3) is 3.66. The number of rotatable bonds is 4. The van der Waals surface area contributed by atoms with Crippen molar-refractivity contribution >= 4 is 34.4 Å². The van der Waals surface area contributed by atoms with Crippen molar-refractivity contribution in [2.75, 3.05) is 12.0 Å². The molecule has 1 heterocycles. The number of esters is 1. The summed E-state index contributed by atoms with van der Waals surface area (Å²) in [7, 11) is 1.34. The molecule has 0 saturated heterocycles. The molecule has 156 valence electrons. The predicted molar refractivity (Wildman–Crippen MR) is 125 cm³/mol. The Balaban J connectivity index is 1.85. The maximum atomic E-state index is 13.6. The van der Waals surface area contributed by atoms with E-state index in [1.165, 1.54) is 12.7 Å². The lowest BCUT2D eigenvalue weighted by atomic mass is 9.99. The number of allylic oxidation sites excluding steroid dienone is 1. The molecule has 0 atom stereocenters. The second kappa shape index (κ2) is 8.23. The van der Waals surface area contributed by atoms with Gasteiger partial charge in [-0.25, -0.2) is 4.79 Å². The lowest BCUT2D eigenvalue weighted by Crippen LogP contribution is -2.24. The quantitative estimate of drug-likeness (QED) is 0.400. The molecule has 1 aliphatic rings. The molecule has 3 aromatic rings. The van der Waals surface area contributed by atoms with Gasteiger partial charge in [-0.2, -0.15) is 0 Å². The van der Waals surface area contributed by atoms with Crippen LogP contribution in [0.3, 0.4) is 0 Å². The lowest BCUT2D eigenvalue weighted by molar-refractivity contribution is -0.136. The van der Waals surface area contributed by atoms with E-state index in [4.69, 9.17) is 4.74 Å². The molecule has 0 unspecified atom stereocenters. The van der Waals surface area contributed by atoms with Crippen molar-refractivity contribution in [3.05, 3.63) is 94.7 Å². The van der Waals surface area contributed by atoms with Gasteiger partial charge in [-0.15, -0.1) is 0 Å². The molecule has 4 rings (SSSR count). The van der Waals surface area contributed by atoms with Crippen LogP contribution >= 0.6 is 0 Å². The highest BCUT2D eigenvalue weighted by atomic mass is 16.5. The van der Waals surface area contributed by atoms with E-state index in [0.717, 1.165) is 22.0 Å². The Morgan fingerprint density at radius 1 is 0.968 bits per heavy atom. The van der Waals surface area contributed by atoms with Crippen LogP contribution in [-0.2, 0) is 14.3 Å². The maximum absolute atomic E-state index is 13.6. The van der Waals surface area contributed by atoms with E-state index in [0.29, 0.717) is 22.8 Å². The van der Waals surface area contributed by atoms with E-state index in [2.05, 4.69) is 13.8 Å². The fourth-order valence-corrected chi connectivity index (χ4v) is 4.02. The van der Waals surface area contributed by atoms with E-state index < -0.39 is 5.97 Å². The average molecular weight is 412 g/mol. The molecule has 0 fully saturated rings. The summed E-state index contributed by atoms with van der Waals surface area (Å²) in [4.78, 5) is 27.8. The first-order valence-corrected chi connectivity index (χ1v) is 10.4. The number of amides is 1. The molecule has 0 aromatic heterocycles. The van der Waals surface area contributed by atoms with Crippen molar-refractivity contribution < 1.29 is 14.3 Å². The van der Waals surface area contributed by atoms with Crippen LogP contribution in [0.4, 0.5) is 5.69 Å². The van der Waals surface area contributed by atoms with Crippen LogP contribution in [-0.4, -0.2) is 19.0 Å². The highest BCUT2D eigenvalue weighted by Crippen LogP contribution is 2.38. The first kappa shape index (κ1) is 20.6. The molecule has 4 heteroatoms. The van der Waals surface area contributed by atoms with Gasteiger partial charge in [0.25, 0.3) is 5.91 Å². The van der Waals surface area contributed by atoms with Crippen molar-refractivity contribution in [3.8, 4) is 0 Å². The standard InChI is InChI=1S/C27H25NO3/c1-17(2)20-14-12-19(13-15-20)16-23-25(27(30)31-4)18(3)28(26(23)29)24-11-7-9-21-8-5-6-10-22(21)24/h5-17H,1-4H3/b23-16-. The summed E-state index contributed by atoms with van der Waals surface area (Å²) in [6.45, 7) is 6.06. The van der Waals surface area contributed by atoms with Gasteiger partial charge in [0.15, 0.2) is 0 Å². The Bertz CT molecular complexity index is 1230. The summed E-state index contributed by atoms with van der Waals surface area (Å²) in [6.07, 6.45) is 1.77. The molecule has 0 radical (unpaired) electrons. The average Bonchev–Trinajstić information content (AvgIpc) is 3.02. The van der Waals surface area contributed by atoms with Crippen LogP contribution in [0.5, 0.6) is 0 Å². The van der Waals surface area contributed by atoms with Crippen molar-refractivity contribution in [3.63, 3.8) is 0 Å². The highest BCUT2D eigenvalue weighted by molar-refractivity contribution is 6.25. The van der Waals surface area contributed by atoms with Gasteiger partial charge in [-0.05, 0) is 41.5 Å². The van der Waals surface area contributed by atoms with E-state index in [-0.39, 0.29) is 5.91 Å². The normalized spacial score (nSPS) is 15.5. The first-order chi connectivity index (χ1) is 14.9. The van der Waals surface area contributed by atoms with E-state index >= 15 is 0 Å². The summed E-state index contributed by atoms with van der Waals surface area (Å²) in [5, 5.41) is 1.98. The Morgan fingerprint density at radius 2 is 1.65 bits per heavy atom. The summed E-state index contributed by atoms with van der Waals surface area (Å²) in [5.41, 5.74) is 4.04. The minimum absolute atomic E-state index is 0.234. The zero-order chi connectivity index (χ0) is 22.1. The minimum Gasteiger partial charge on any atom is -0.465 e. The molecule has 0 bridgehead atoms. The lowest BCUT2D eigenvalue weighted by Gasteiger charge is -2.20. The van der Waals surface area contributed by atoms with Gasteiger partial charge in [0, 0.05) is 11.1 Å². The molecule has 31 heavy (non-hydrogen) atoms. The van der Waals surface area contributed by atoms with Crippen LogP contribution in [0.1, 0.15) is 37.8 Å². The number of benzene rings is 3. The van der Waals surface area contributed by atoms with Crippen molar-refractivity contribution in [2.45, 2.75) is 26.7 Å². The smallest absolute Gasteiger partial charge is 0.340 e. The Kier molecular flexibility index (Phi) is 5.47. The number of hydrogen-bond acceptors (Lipinski definition) is 3. The van der Waals surface area contributed by atoms with Crippen LogP contribution in [0.25, 0.3) is 16.8 Å². The number of ether oxygens (including phenoxy) is 1. The third-order valence-corrected chi connectivity index (χ3v) is 5.71. The number of carbonyl (C=O) groups is 2. The topological polar surface area (TPSA) is 46.6 Å². The molecule has 0 spiro atoms. The highest BCUT2D eigenvalue weighted by Gasteiger charge is 2.38. The minimum atomic E-state index is -0.515. The second-order valence-electron chi connectivity index (χ2n) is 7.97.